The first kappa shape index (κ1) is 18.8. The maximum Gasteiger partial charge on any atom is 0.418 e. The van der Waals surface area contributed by atoms with Gasteiger partial charge in [0.2, 0.25) is 0 Å². The van der Waals surface area contributed by atoms with E-state index in [-0.39, 0.29) is 23.3 Å². The first-order chi connectivity index (χ1) is 11.0. The Kier molecular flexibility index (Phi) is 5.26. The third-order valence-electron chi connectivity index (χ3n) is 3.72. The van der Waals surface area contributed by atoms with Crippen LogP contribution in [0.5, 0.6) is 0 Å². The Labute approximate surface area is 138 Å². The molecule has 0 aliphatic carbocycles. The summed E-state index contributed by atoms with van der Waals surface area (Å²) in [5.74, 6) is 0. The number of pyridine rings is 1. The van der Waals surface area contributed by atoms with Crippen molar-refractivity contribution < 1.29 is 23.0 Å². The smallest absolute Gasteiger partial charge is 0.390 e. The van der Waals surface area contributed by atoms with Crippen molar-refractivity contribution in [2.45, 2.75) is 45.2 Å². The van der Waals surface area contributed by atoms with E-state index in [9.17, 15) is 23.1 Å². The lowest BCUT2D eigenvalue weighted by Crippen LogP contribution is -2.22. The van der Waals surface area contributed by atoms with Crippen LogP contribution in [-0.4, -0.2) is 29.3 Å². The van der Waals surface area contributed by atoms with Crippen LogP contribution in [0.1, 0.15) is 11.3 Å². The summed E-state index contributed by atoms with van der Waals surface area (Å²) in [7, 11) is -1.30. The Balaban J connectivity index is 2.40. The Morgan fingerprint density at radius 2 is 2.00 bits per heavy atom. The number of alkyl halides is 3. The molecule has 0 radical (unpaired) electrons. The summed E-state index contributed by atoms with van der Waals surface area (Å²) in [5, 5.41) is 9.19. The lowest BCUT2D eigenvalue weighted by Gasteiger charge is -2.16. The number of nitrogens with one attached hydrogen (secondary N) is 1. The summed E-state index contributed by atoms with van der Waals surface area (Å²) in [6.07, 6.45) is -3.94. The molecule has 24 heavy (non-hydrogen) atoms. The van der Waals surface area contributed by atoms with Crippen LogP contribution in [0.2, 0.25) is 25.7 Å². The van der Waals surface area contributed by atoms with Gasteiger partial charge >= 0.3 is 6.18 Å². The molecule has 0 aliphatic rings. The van der Waals surface area contributed by atoms with Crippen LogP contribution >= 0.6 is 0 Å². The van der Waals surface area contributed by atoms with Crippen molar-refractivity contribution in [2.24, 2.45) is 0 Å². The average molecular weight is 362 g/mol. The van der Waals surface area contributed by atoms with Gasteiger partial charge in [-0.3, -0.25) is 4.79 Å². The summed E-state index contributed by atoms with van der Waals surface area (Å²) in [6.45, 7) is 6.44. The Bertz CT molecular complexity index is 775. The second-order valence-electron chi connectivity index (χ2n) is 6.86. The highest BCUT2D eigenvalue weighted by Gasteiger charge is 2.34. The second kappa shape index (κ2) is 6.73. The van der Waals surface area contributed by atoms with E-state index in [1.807, 2.05) is 0 Å². The van der Waals surface area contributed by atoms with Crippen molar-refractivity contribution in [2.75, 3.05) is 6.61 Å². The van der Waals surface area contributed by atoms with E-state index in [0.717, 1.165) is 6.04 Å². The summed E-state index contributed by atoms with van der Waals surface area (Å²) in [4.78, 5) is 14.1. The molecule has 2 aromatic heterocycles. The summed E-state index contributed by atoms with van der Waals surface area (Å²) in [5.41, 5.74) is -1.51. The number of fused-ring (bicyclic) bond motifs is 1. The van der Waals surface area contributed by atoms with Crippen molar-refractivity contribution in [3.8, 4) is 0 Å². The molecule has 0 bridgehead atoms. The van der Waals surface area contributed by atoms with Crippen LogP contribution < -0.4 is 5.56 Å². The van der Waals surface area contributed by atoms with Gasteiger partial charge in [-0.1, -0.05) is 19.6 Å². The van der Waals surface area contributed by atoms with E-state index in [4.69, 9.17) is 4.74 Å². The van der Waals surface area contributed by atoms with Crippen LogP contribution in [0, 0.1) is 0 Å². The number of aromatic amines is 1. The van der Waals surface area contributed by atoms with Gasteiger partial charge in [0.1, 0.15) is 12.2 Å². The second-order valence-corrected chi connectivity index (χ2v) is 12.5. The first-order valence-electron chi connectivity index (χ1n) is 7.54. The van der Waals surface area contributed by atoms with Crippen LogP contribution in [0.25, 0.3) is 10.9 Å². The highest BCUT2D eigenvalue weighted by molar-refractivity contribution is 6.76. The molecule has 134 valence electrons. The number of aliphatic hydroxyl groups excluding tert-OH is 1. The molecule has 0 amide bonds. The normalized spacial score (nSPS) is 13.0. The molecular formula is C15H21F3N2O3Si. The average Bonchev–Trinajstić information content (AvgIpc) is 2.81. The van der Waals surface area contributed by atoms with Gasteiger partial charge in [0, 0.05) is 32.0 Å². The SMILES string of the molecule is C[Si](C)(C)CCOCn1c(CO)cc2c(C(F)(F)F)c[nH]c(=O)c21. The minimum atomic E-state index is -4.60. The van der Waals surface area contributed by atoms with E-state index in [2.05, 4.69) is 24.6 Å². The number of H-pyrrole nitrogens is 1. The fraction of sp³-hybridized carbons (Fsp3) is 0.533. The van der Waals surface area contributed by atoms with Crippen molar-refractivity contribution >= 4 is 19.0 Å². The third-order valence-corrected chi connectivity index (χ3v) is 5.42. The highest BCUT2D eigenvalue weighted by Crippen LogP contribution is 2.34. The Morgan fingerprint density at radius 3 is 2.54 bits per heavy atom. The van der Waals surface area contributed by atoms with Gasteiger partial charge < -0.3 is 19.4 Å². The lowest BCUT2D eigenvalue weighted by molar-refractivity contribution is -0.136. The molecule has 0 saturated heterocycles. The summed E-state index contributed by atoms with van der Waals surface area (Å²) >= 11 is 0. The number of aromatic nitrogens is 2. The molecule has 2 N–H and O–H groups in total. The molecular weight excluding hydrogens is 341 g/mol. The number of nitrogens with zero attached hydrogens (tertiary/aromatic N) is 1. The molecule has 0 saturated carbocycles. The molecule has 0 aliphatic heterocycles. The summed E-state index contributed by atoms with van der Waals surface area (Å²) < 4.78 is 46.2. The minimum Gasteiger partial charge on any atom is -0.390 e. The van der Waals surface area contributed by atoms with Crippen LogP contribution in [0.3, 0.4) is 0 Å². The maximum atomic E-state index is 13.1. The predicted octanol–water partition coefficient (Wildman–Crippen LogP) is 3.15. The lowest BCUT2D eigenvalue weighted by atomic mass is 10.2. The number of ether oxygens (including phenoxy) is 1. The van der Waals surface area contributed by atoms with Crippen molar-refractivity contribution in [3.05, 3.63) is 33.9 Å². The molecule has 5 nitrogen and oxygen atoms in total. The zero-order valence-electron chi connectivity index (χ0n) is 13.8. The van der Waals surface area contributed by atoms with Gasteiger partial charge in [-0.05, 0) is 12.1 Å². The van der Waals surface area contributed by atoms with E-state index in [1.54, 1.807) is 0 Å². The topological polar surface area (TPSA) is 67.2 Å². The van der Waals surface area contributed by atoms with E-state index < -0.39 is 32.0 Å². The molecule has 0 fully saturated rings. The van der Waals surface area contributed by atoms with Crippen molar-refractivity contribution in [1.82, 2.24) is 9.55 Å². The standard InChI is InChI=1S/C15H21F3N2O3Si/c1-24(2,3)5-4-23-9-20-10(8-21)6-11-12(15(16,17)18)7-19-14(22)13(11)20/h6-7,21H,4-5,8-9H2,1-3H3,(H,19,22). The molecule has 0 atom stereocenters. The minimum absolute atomic E-state index is 0.0751. The molecule has 2 aromatic rings. The largest absolute Gasteiger partial charge is 0.418 e. The van der Waals surface area contributed by atoms with Crippen molar-refractivity contribution in [3.63, 3.8) is 0 Å². The van der Waals surface area contributed by atoms with E-state index in [0.29, 0.717) is 12.8 Å². The number of aliphatic hydroxyl groups is 1. The van der Waals surface area contributed by atoms with Crippen molar-refractivity contribution in [1.29, 1.82) is 0 Å². The molecule has 0 aromatic carbocycles. The molecule has 2 heterocycles. The van der Waals surface area contributed by atoms with Crippen LogP contribution in [0.15, 0.2) is 17.1 Å². The number of rotatable bonds is 6. The number of hydrogen-bond acceptors (Lipinski definition) is 3. The van der Waals surface area contributed by atoms with Gasteiger partial charge in [-0.15, -0.1) is 0 Å². The highest BCUT2D eigenvalue weighted by atomic mass is 28.3. The number of hydrogen-bond donors (Lipinski definition) is 2. The predicted molar refractivity (Wildman–Crippen MR) is 87.6 cm³/mol. The molecule has 9 heteroatoms. The zero-order valence-corrected chi connectivity index (χ0v) is 14.8. The Hall–Kier alpha value is -1.58. The molecule has 0 spiro atoms. The quantitative estimate of drug-likeness (QED) is 0.613. The van der Waals surface area contributed by atoms with E-state index >= 15 is 0 Å². The summed E-state index contributed by atoms with van der Waals surface area (Å²) in [6, 6.07) is 2.08. The zero-order chi connectivity index (χ0) is 18.1. The van der Waals surface area contributed by atoms with Crippen LogP contribution in [0.4, 0.5) is 13.2 Å². The third kappa shape index (κ3) is 4.08. The van der Waals surface area contributed by atoms with Crippen LogP contribution in [-0.2, 0) is 24.3 Å². The fourth-order valence-corrected chi connectivity index (χ4v) is 3.14. The molecule has 2 rings (SSSR count). The maximum absolute atomic E-state index is 13.1. The first-order valence-corrected chi connectivity index (χ1v) is 11.2. The Morgan fingerprint density at radius 1 is 1.33 bits per heavy atom. The van der Waals surface area contributed by atoms with E-state index in [1.165, 1.54) is 10.6 Å². The van der Waals surface area contributed by atoms with Gasteiger partial charge in [-0.25, -0.2) is 0 Å². The molecule has 0 unspecified atom stereocenters. The fourth-order valence-electron chi connectivity index (χ4n) is 2.38. The van der Waals surface area contributed by atoms with Gasteiger partial charge in [0.25, 0.3) is 5.56 Å². The van der Waals surface area contributed by atoms with Gasteiger partial charge in [0.05, 0.1) is 12.2 Å². The monoisotopic (exact) mass is 362 g/mol. The van der Waals surface area contributed by atoms with Gasteiger partial charge in [-0.2, -0.15) is 13.2 Å². The van der Waals surface area contributed by atoms with Gasteiger partial charge in [0.15, 0.2) is 0 Å². The number of halogens is 3.